The van der Waals surface area contributed by atoms with Crippen LogP contribution in [0.2, 0.25) is 0 Å². The zero-order valence-corrected chi connectivity index (χ0v) is 17.9. The monoisotopic (exact) mass is 479 g/mol. The molecule has 31 heavy (non-hydrogen) atoms. The van der Waals surface area contributed by atoms with Crippen LogP contribution in [0.5, 0.6) is 0 Å². The first kappa shape index (κ1) is 20.7. The van der Waals surface area contributed by atoms with Crippen molar-refractivity contribution in [2.75, 3.05) is 5.32 Å². The highest BCUT2D eigenvalue weighted by Gasteiger charge is 2.35. The molecule has 0 radical (unpaired) electrons. The zero-order chi connectivity index (χ0) is 22.0. The van der Waals surface area contributed by atoms with Gasteiger partial charge in [-0.05, 0) is 47.5 Å². The molecule has 3 aromatic rings. The minimum Gasteiger partial charge on any atom is -0.478 e. The van der Waals surface area contributed by atoms with Gasteiger partial charge < -0.3 is 15.3 Å². The first-order chi connectivity index (χ1) is 14.9. The summed E-state index contributed by atoms with van der Waals surface area (Å²) in [5, 5.41) is 12.0. The van der Waals surface area contributed by atoms with Crippen molar-refractivity contribution in [3.05, 3.63) is 93.7 Å². The Morgan fingerprint density at radius 2 is 1.87 bits per heavy atom. The van der Waals surface area contributed by atoms with Gasteiger partial charge in [-0.1, -0.05) is 34.1 Å². The number of nitrogens with zero attached hydrogens (tertiary/aromatic N) is 2. The Labute approximate surface area is 186 Å². The number of hydrogen-bond donors (Lipinski definition) is 2. The quantitative estimate of drug-likeness (QED) is 0.580. The molecule has 7 nitrogen and oxygen atoms in total. The molecule has 8 heteroatoms. The Bertz CT molecular complexity index is 1150. The smallest absolute Gasteiger partial charge is 0.335 e. The Morgan fingerprint density at radius 1 is 1.10 bits per heavy atom. The lowest BCUT2D eigenvalue weighted by Gasteiger charge is -2.29. The van der Waals surface area contributed by atoms with Gasteiger partial charge in [-0.25, -0.2) is 4.79 Å². The van der Waals surface area contributed by atoms with Crippen LogP contribution in [-0.2, 0) is 17.8 Å². The number of rotatable bonds is 5. The molecular weight excluding hydrogens is 462 g/mol. The number of carboxylic acids is 1. The summed E-state index contributed by atoms with van der Waals surface area (Å²) in [6, 6.07) is 14.3. The fourth-order valence-corrected chi connectivity index (χ4v) is 3.90. The Kier molecular flexibility index (Phi) is 5.81. The number of amides is 2. The fourth-order valence-electron chi connectivity index (χ4n) is 3.54. The highest BCUT2D eigenvalue weighted by molar-refractivity contribution is 9.10. The third-order valence-corrected chi connectivity index (χ3v) is 5.61. The Morgan fingerprint density at radius 3 is 2.55 bits per heavy atom. The van der Waals surface area contributed by atoms with E-state index in [0.717, 1.165) is 15.6 Å². The number of benzene rings is 2. The molecule has 1 atom stereocenters. The van der Waals surface area contributed by atoms with Gasteiger partial charge in [0.25, 0.3) is 5.91 Å². The molecule has 2 N–H and O–H groups in total. The summed E-state index contributed by atoms with van der Waals surface area (Å²) >= 11 is 3.38. The predicted octanol–water partition coefficient (Wildman–Crippen LogP) is 3.75. The second-order valence-corrected chi connectivity index (χ2v) is 8.11. The molecule has 1 aromatic heterocycles. The van der Waals surface area contributed by atoms with Crippen molar-refractivity contribution >= 4 is 39.4 Å². The van der Waals surface area contributed by atoms with Crippen LogP contribution in [0.3, 0.4) is 0 Å². The van der Waals surface area contributed by atoms with E-state index in [1.54, 1.807) is 48.8 Å². The minimum atomic E-state index is -1.02. The van der Waals surface area contributed by atoms with E-state index in [4.69, 9.17) is 5.11 Å². The number of hydrogen-bond acceptors (Lipinski definition) is 4. The van der Waals surface area contributed by atoms with E-state index in [1.807, 2.05) is 6.07 Å². The van der Waals surface area contributed by atoms with Crippen LogP contribution in [0.4, 0.5) is 5.69 Å². The van der Waals surface area contributed by atoms with Crippen molar-refractivity contribution in [3.8, 4) is 0 Å². The second kappa shape index (κ2) is 8.69. The van der Waals surface area contributed by atoms with Crippen molar-refractivity contribution in [1.29, 1.82) is 0 Å². The van der Waals surface area contributed by atoms with Crippen LogP contribution < -0.4 is 5.32 Å². The number of pyridine rings is 1. The van der Waals surface area contributed by atoms with E-state index in [9.17, 15) is 14.4 Å². The number of halogens is 1. The molecule has 0 bridgehead atoms. The fraction of sp³-hybridized carbons (Fsp3) is 0.130. The largest absolute Gasteiger partial charge is 0.478 e. The van der Waals surface area contributed by atoms with Crippen LogP contribution in [0.15, 0.2) is 71.5 Å². The molecule has 2 amide bonds. The summed E-state index contributed by atoms with van der Waals surface area (Å²) in [6.07, 6.45) is 3.62. The maximum atomic E-state index is 13.5. The minimum absolute atomic E-state index is 0.158. The summed E-state index contributed by atoms with van der Waals surface area (Å²) in [7, 11) is 0. The SMILES string of the molecule is O=C(O)c1ccc(CN2C(=O)c3ccc(Br)cc3NC(=O)C2Cc2cccnc2)cc1. The highest BCUT2D eigenvalue weighted by atomic mass is 79.9. The molecule has 0 spiro atoms. The first-order valence-corrected chi connectivity index (χ1v) is 10.3. The average Bonchev–Trinajstić information content (AvgIpc) is 2.85. The predicted molar refractivity (Wildman–Crippen MR) is 118 cm³/mol. The van der Waals surface area contributed by atoms with Gasteiger partial charge in [-0.15, -0.1) is 0 Å². The first-order valence-electron chi connectivity index (χ1n) is 9.55. The Balaban J connectivity index is 1.73. The molecule has 0 aliphatic carbocycles. The Hall–Kier alpha value is -3.52. The summed E-state index contributed by atoms with van der Waals surface area (Å²) in [5.41, 5.74) is 2.55. The van der Waals surface area contributed by atoms with E-state index < -0.39 is 12.0 Å². The van der Waals surface area contributed by atoms with Gasteiger partial charge in [0.05, 0.1) is 16.8 Å². The lowest BCUT2D eigenvalue weighted by Crippen LogP contribution is -2.46. The average molecular weight is 480 g/mol. The molecule has 0 fully saturated rings. The normalized spacial score (nSPS) is 15.8. The number of carboxylic acid groups (broad SMARTS) is 1. The van der Waals surface area contributed by atoms with Gasteiger partial charge in [-0.2, -0.15) is 0 Å². The maximum Gasteiger partial charge on any atom is 0.335 e. The molecule has 1 unspecified atom stereocenters. The van der Waals surface area contributed by atoms with Crippen molar-refractivity contribution in [2.24, 2.45) is 0 Å². The van der Waals surface area contributed by atoms with Gasteiger partial charge in [0.2, 0.25) is 5.91 Å². The molecule has 1 aliphatic rings. The molecule has 0 saturated heterocycles. The van der Waals surface area contributed by atoms with E-state index in [-0.39, 0.29) is 23.9 Å². The van der Waals surface area contributed by atoms with Crippen LogP contribution in [-0.4, -0.2) is 38.8 Å². The number of aromatic nitrogens is 1. The number of fused-ring (bicyclic) bond motifs is 1. The van der Waals surface area contributed by atoms with Gasteiger partial charge in [0, 0.05) is 29.8 Å². The number of anilines is 1. The lowest BCUT2D eigenvalue weighted by atomic mass is 10.0. The molecule has 2 heterocycles. The van der Waals surface area contributed by atoms with Crippen LogP contribution in [0.25, 0.3) is 0 Å². The molecular formula is C23H18BrN3O4. The zero-order valence-electron chi connectivity index (χ0n) is 16.3. The van der Waals surface area contributed by atoms with E-state index in [2.05, 4.69) is 26.2 Å². The maximum absolute atomic E-state index is 13.5. The second-order valence-electron chi connectivity index (χ2n) is 7.20. The number of carbonyl (C=O) groups is 3. The van der Waals surface area contributed by atoms with Crippen molar-refractivity contribution in [3.63, 3.8) is 0 Å². The lowest BCUT2D eigenvalue weighted by molar-refractivity contribution is -0.120. The number of nitrogens with one attached hydrogen (secondary N) is 1. The molecule has 4 rings (SSSR count). The molecule has 1 aliphatic heterocycles. The number of aromatic carboxylic acids is 1. The van der Waals surface area contributed by atoms with E-state index in [1.165, 1.54) is 17.0 Å². The van der Waals surface area contributed by atoms with Crippen molar-refractivity contribution < 1.29 is 19.5 Å². The molecule has 0 saturated carbocycles. The third-order valence-electron chi connectivity index (χ3n) is 5.12. The van der Waals surface area contributed by atoms with Gasteiger partial charge in [-0.3, -0.25) is 14.6 Å². The third kappa shape index (κ3) is 4.49. The summed E-state index contributed by atoms with van der Waals surface area (Å²) < 4.78 is 0.751. The highest BCUT2D eigenvalue weighted by Crippen LogP contribution is 2.29. The van der Waals surface area contributed by atoms with Gasteiger partial charge in [0.1, 0.15) is 6.04 Å². The summed E-state index contributed by atoms with van der Waals surface area (Å²) in [6.45, 7) is 0.159. The van der Waals surface area contributed by atoms with Crippen LogP contribution in [0, 0.1) is 0 Å². The van der Waals surface area contributed by atoms with E-state index >= 15 is 0 Å². The standard InChI is InChI=1S/C23H18BrN3O4/c24-17-7-8-18-19(11-17)26-21(28)20(10-15-2-1-9-25-12-15)27(22(18)29)13-14-3-5-16(6-4-14)23(30)31/h1-9,11-12,20H,10,13H2,(H,26,28)(H,30,31). The van der Waals surface area contributed by atoms with Crippen LogP contribution >= 0.6 is 15.9 Å². The van der Waals surface area contributed by atoms with Crippen LogP contribution in [0.1, 0.15) is 31.8 Å². The summed E-state index contributed by atoms with van der Waals surface area (Å²) in [4.78, 5) is 43.4. The molecule has 156 valence electrons. The topological polar surface area (TPSA) is 99.6 Å². The van der Waals surface area contributed by atoms with Crippen molar-refractivity contribution in [1.82, 2.24) is 9.88 Å². The number of carbonyl (C=O) groups excluding carboxylic acids is 2. The van der Waals surface area contributed by atoms with Crippen molar-refractivity contribution in [2.45, 2.75) is 19.0 Å². The van der Waals surface area contributed by atoms with E-state index in [0.29, 0.717) is 17.7 Å². The molecule has 2 aromatic carbocycles. The van der Waals surface area contributed by atoms with Gasteiger partial charge >= 0.3 is 5.97 Å². The summed E-state index contributed by atoms with van der Waals surface area (Å²) in [5.74, 6) is -1.60. The van der Waals surface area contributed by atoms with Gasteiger partial charge in [0.15, 0.2) is 0 Å².